The first kappa shape index (κ1) is 27.1. The van der Waals surface area contributed by atoms with Gasteiger partial charge >= 0.3 is 0 Å². The van der Waals surface area contributed by atoms with Crippen LogP contribution < -0.4 is 14.8 Å². The Kier molecular flexibility index (Phi) is 12.7. The van der Waals surface area contributed by atoms with Gasteiger partial charge in [-0.25, -0.2) is 0 Å². The molecule has 0 bridgehead atoms. The molecule has 8 heteroatoms. The molecule has 1 fully saturated rings. The van der Waals surface area contributed by atoms with Crippen molar-refractivity contribution in [2.24, 2.45) is 0 Å². The summed E-state index contributed by atoms with van der Waals surface area (Å²) in [7, 11) is 3.08. The molecule has 1 saturated heterocycles. The zero-order valence-corrected chi connectivity index (χ0v) is 19.7. The Morgan fingerprint density at radius 3 is 2.38 bits per heavy atom. The van der Waals surface area contributed by atoms with E-state index < -0.39 is 5.91 Å². The molecule has 32 heavy (non-hydrogen) atoms. The van der Waals surface area contributed by atoms with Crippen LogP contribution in [0.5, 0.6) is 17.2 Å². The van der Waals surface area contributed by atoms with E-state index in [0.29, 0.717) is 18.3 Å². The monoisotopic (exact) mass is 462 g/mol. The number of epoxide rings is 1. The highest BCUT2D eigenvalue weighted by Crippen LogP contribution is 2.32. The fourth-order valence-corrected chi connectivity index (χ4v) is 2.49. The van der Waals surface area contributed by atoms with Crippen LogP contribution in [0.15, 0.2) is 36.4 Å². The number of ether oxygens (including phenoxy) is 3. The van der Waals surface area contributed by atoms with E-state index in [9.17, 15) is 9.90 Å². The second-order valence-corrected chi connectivity index (χ2v) is 7.19. The second kappa shape index (κ2) is 15.0. The average molecular weight is 463 g/mol. The summed E-state index contributed by atoms with van der Waals surface area (Å²) < 4.78 is 15.5. The van der Waals surface area contributed by atoms with Gasteiger partial charge in [-0.3, -0.25) is 4.79 Å². The maximum Gasteiger partial charge on any atom is 0.254 e. The van der Waals surface area contributed by atoms with Crippen molar-refractivity contribution < 1.29 is 24.1 Å². The number of hydrogen-bond acceptors (Lipinski definition) is 6. The summed E-state index contributed by atoms with van der Waals surface area (Å²) >= 11 is 6.08. The number of amides is 1. The molecular weight excluding hydrogens is 432 g/mol. The number of benzene rings is 2. The summed E-state index contributed by atoms with van der Waals surface area (Å²) in [5, 5.41) is 20.4. The molecule has 2 aromatic carbocycles. The lowest BCUT2D eigenvalue weighted by atomic mass is 10.1. The van der Waals surface area contributed by atoms with Crippen molar-refractivity contribution in [1.82, 2.24) is 5.32 Å². The number of unbranched alkanes of at least 4 members (excludes halogenated alkanes) is 1. The molecule has 3 rings (SSSR count). The molecule has 0 unspecified atom stereocenters. The molecular formula is C24H31ClN2O5. The summed E-state index contributed by atoms with van der Waals surface area (Å²) in [6, 6.07) is 12.1. The van der Waals surface area contributed by atoms with Crippen LogP contribution in [-0.4, -0.2) is 37.9 Å². The van der Waals surface area contributed by atoms with Gasteiger partial charge in [0.15, 0.2) is 0 Å². The van der Waals surface area contributed by atoms with Crippen molar-refractivity contribution in [3.05, 3.63) is 52.5 Å². The molecule has 0 saturated carbocycles. The highest BCUT2D eigenvalue weighted by atomic mass is 35.5. The van der Waals surface area contributed by atoms with Crippen LogP contribution in [-0.2, 0) is 11.3 Å². The summed E-state index contributed by atoms with van der Waals surface area (Å²) in [6.45, 7) is 5.42. The fraction of sp³-hybridized carbons (Fsp3) is 0.417. The van der Waals surface area contributed by atoms with E-state index in [2.05, 4.69) is 12.2 Å². The fourth-order valence-electron chi connectivity index (χ4n) is 2.27. The zero-order valence-electron chi connectivity index (χ0n) is 19.0. The van der Waals surface area contributed by atoms with E-state index in [1.807, 2.05) is 37.3 Å². The zero-order chi connectivity index (χ0) is 23.9. The lowest BCUT2D eigenvalue weighted by molar-refractivity contribution is 0.0960. The number of halogens is 1. The molecule has 0 spiro atoms. The Morgan fingerprint density at radius 1 is 1.31 bits per heavy atom. The summed E-state index contributed by atoms with van der Waals surface area (Å²) in [6.07, 6.45) is 3.51. The lowest BCUT2D eigenvalue weighted by Crippen LogP contribution is -2.17. The Balaban J connectivity index is 0.000000421. The number of nitrogens with zero attached hydrogens (tertiary/aromatic N) is 1. The third-order valence-corrected chi connectivity index (χ3v) is 4.59. The first-order chi connectivity index (χ1) is 15.4. The van der Waals surface area contributed by atoms with Gasteiger partial charge in [-0.15, -0.1) is 0 Å². The normalized spacial score (nSPS) is 13.3. The predicted octanol–water partition coefficient (Wildman–Crippen LogP) is 5.10. The largest absolute Gasteiger partial charge is 0.507 e. The Bertz CT molecular complexity index is 877. The number of phenolic OH excluding ortho intramolecular Hbond substituents is 1. The van der Waals surface area contributed by atoms with E-state index >= 15 is 0 Å². The Hall–Kier alpha value is -2.95. The van der Waals surface area contributed by atoms with Gasteiger partial charge in [-0.05, 0) is 36.6 Å². The van der Waals surface area contributed by atoms with Crippen LogP contribution in [0.4, 0.5) is 0 Å². The van der Waals surface area contributed by atoms with Crippen LogP contribution in [0.25, 0.3) is 0 Å². The van der Waals surface area contributed by atoms with Crippen LogP contribution >= 0.6 is 11.6 Å². The van der Waals surface area contributed by atoms with E-state index in [1.165, 1.54) is 25.6 Å². The Labute approximate surface area is 194 Å². The molecule has 2 aromatic rings. The van der Waals surface area contributed by atoms with E-state index in [4.69, 9.17) is 31.1 Å². The molecule has 1 atom stereocenters. The van der Waals surface area contributed by atoms with Gasteiger partial charge in [0, 0.05) is 19.5 Å². The SMILES string of the molecule is CCCC#N.CC[C@@H]1CO1.CNC(=O)c1cc(Cl)c(OCc2ccc(OC)cc2)cc1O. The standard InChI is InChI=1S/C16H16ClNO4.C4H7N.C4H8O/c1-18-16(20)12-7-13(17)15(8-14(12)19)22-9-10-3-5-11(21-2)6-4-10;1-2-3-4-5;1-2-4-3-5-4/h3-8,19H,9H2,1-2H3,(H,18,20);2-3H2,1H3;4H,2-3H2,1H3/t;;4-/m..1/s1. The number of nitriles is 1. The maximum absolute atomic E-state index is 11.6. The molecule has 0 radical (unpaired) electrons. The van der Waals surface area contributed by atoms with Crippen LogP contribution in [0, 0.1) is 11.3 Å². The van der Waals surface area contributed by atoms with Gasteiger partial charge in [0.25, 0.3) is 5.91 Å². The maximum atomic E-state index is 11.6. The molecule has 174 valence electrons. The minimum Gasteiger partial charge on any atom is -0.507 e. The number of carbonyl (C=O) groups is 1. The van der Waals surface area contributed by atoms with Gasteiger partial charge in [-0.1, -0.05) is 37.6 Å². The van der Waals surface area contributed by atoms with Gasteiger partial charge in [-0.2, -0.15) is 5.26 Å². The van der Waals surface area contributed by atoms with E-state index in [0.717, 1.165) is 24.3 Å². The van der Waals surface area contributed by atoms with E-state index in [1.54, 1.807) is 7.11 Å². The lowest BCUT2D eigenvalue weighted by Gasteiger charge is -2.11. The predicted molar refractivity (Wildman–Crippen MR) is 124 cm³/mol. The van der Waals surface area contributed by atoms with Crippen LogP contribution in [0.3, 0.4) is 0 Å². The quantitative estimate of drug-likeness (QED) is 0.555. The van der Waals surface area contributed by atoms with Gasteiger partial charge < -0.3 is 24.6 Å². The molecule has 1 heterocycles. The summed E-state index contributed by atoms with van der Waals surface area (Å²) in [5.41, 5.74) is 1.02. The smallest absolute Gasteiger partial charge is 0.254 e. The van der Waals surface area contributed by atoms with Gasteiger partial charge in [0.2, 0.25) is 0 Å². The van der Waals surface area contributed by atoms with Gasteiger partial charge in [0.05, 0.1) is 36.5 Å². The molecule has 2 N–H and O–H groups in total. The summed E-state index contributed by atoms with van der Waals surface area (Å²) in [5.74, 6) is 0.464. The molecule has 1 aliphatic heterocycles. The third kappa shape index (κ3) is 9.90. The van der Waals surface area contributed by atoms with Crippen molar-refractivity contribution >= 4 is 17.5 Å². The van der Waals surface area contributed by atoms with Crippen molar-refractivity contribution in [3.63, 3.8) is 0 Å². The number of methoxy groups -OCH3 is 1. The van der Waals surface area contributed by atoms with Crippen molar-refractivity contribution in [3.8, 4) is 23.3 Å². The van der Waals surface area contributed by atoms with E-state index in [-0.39, 0.29) is 22.9 Å². The number of aromatic hydroxyl groups is 1. The molecule has 0 aliphatic carbocycles. The number of carbonyl (C=O) groups excluding carboxylic acids is 1. The van der Waals surface area contributed by atoms with Crippen LogP contribution in [0.1, 0.15) is 49.0 Å². The average Bonchev–Trinajstić information content (AvgIpc) is 3.65. The van der Waals surface area contributed by atoms with Crippen molar-refractivity contribution in [1.29, 1.82) is 5.26 Å². The molecule has 1 amide bonds. The van der Waals surface area contributed by atoms with Crippen LogP contribution in [0.2, 0.25) is 5.02 Å². The highest BCUT2D eigenvalue weighted by Gasteiger charge is 2.18. The number of nitrogens with one attached hydrogen (secondary N) is 1. The highest BCUT2D eigenvalue weighted by molar-refractivity contribution is 6.32. The third-order valence-electron chi connectivity index (χ3n) is 4.29. The molecule has 0 aromatic heterocycles. The molecule has 1 aliphatic rings. The first-order valence-electron chi connectivity index (χ1n) is 10.4. The van der Waals surface area contributed by atoms with Crippen molar-refractivity contribution in [2.75, 3.05) is 20.8 Å². The summed E-state index contributed by atoms with van der Waals surface area (Å²) in [4.78, 5) is 11.6. The minimum atomic E-state index is -0.416. The number of phenols is 1. The van der Waals surface area contributed by atoms with Crippen molar-refractivity contribution in [2.45, 2.75) is 45.8 Å². The molecule has 7 nitrogen and oxygen atoms in total. The first-order valence-corrected chi connectivity index (χ1v) is 10.8. The second-order valence-electron chi connectivity index (χ2n) is 6.79. The van der Waals surface area contributed by atoms with Gasteiger partial charge in [0.1, 0.15) is 23.9 Å². The topological polar surface area (TPSA) is 104 Å². The Morgan fingerprint density at radius 2 is 1.97 bits per heavy atom. The minimum absolute atomic E-state index is 0.101. The number of rotatable bonds is 7. The number of hydrogen-bond donors (Lipinski definition) is 2.